The largest absolute Gasteiger partial charge is 0.508 e. The number of halogens is 4. The number of ether oxygens (including phenoxy) is 1. The van der Waals surface area contributed by atoms with E-state index in [-0.39, 0.29) is 17.4 Å². The molecule has 0 radical (unpaired) electrons. The number of benzene rings is 2. The summed E-state index contributed by atoms with van der Waals surface area (Å²) in [5.41, 5.74) is 7.41. The number of amides is 2. The smallest absolute Gasteiger partial charge is 0.490 e. The standard InChI is InChI=1S/C23H27ClN4O4.C2HF3O2/c24-15-1-4-21-14(9-15)11-23(32-21)5-7-27(8-6-23)19-12-28(13-20(19)30)18-10-16(29)2-3-17(18)26-22(25)31;3-2(4,5)1(6)7/h1-4,9-10,19-20,29-30H,5-8,11-13H2,(H3,25,26,31);(H,6,7)/t19?,20-;/m1./s1. The van der Waals surface area contributed by atoms with Crippen LogP contribution in [0.25, 0.3) is 0 Å². The van der Waals surface area contributed by atoms with E-state index in [2.05, 4.69) is 10.2 Å². The second-order valence-corrected chi connectivity index (χ2v) is 10.2. The first-order valence-corrected chi connectivity index (χ1v) is 12.5. The Morgan fingerprint density at radius 2 is 1.79 bits per heavy atom. The number of rotatable bonds is 3. The maximum atomic E-state index is 11.4. The van der Waals surface area contributed by atoms with Gasteiger partial charge in [-0.05, 0) is 35.9 Å². The third kappa shape index (κ3) is 6.60. The van der Waals surface area contributed by atoms with E-state index >= 15 is 0 Å². The molecule has 1 unspecified atom stereocenters. The third-order valence-electron chi connectivity index (χ3n) is 7.12. The van der Waals surface area contributed by atoms with E-state index in [1.807, 2.05) is 23.1 Å². The quantitative estimate of drug-likeness (QED) is 0.352. The molecule has 3 aliphatic heterocycles. The molecule has 2 amide bonds. The van der Waals surface area contributed by atoms with Gasteiger partial charge in [0.05, 0.1) is 23.5 Å². The summed E-state index contributed by atoms with van der Waals surface area (Å²) in [4.78, 5) is 24.6. The number of likely N-dealkylation sites (tertiary alicyclic amines) is 1. The number of piperidine rings is 1. The monoisotopic (exact) mass is 572 g/mol. The molecule has 2 fully saturated rings. The number of aliphatic hydroxyl groups excluding tert-OH is 1. The fraction of sp³-hybridized carbons (Fsp3) is 0.440. The second kappa shape index (κ2) is 11.0. The van der Waals surface area contributed by atoms with Crippen molar-refractivity contribution < 1.29 is 42.8 Å². The van der Waals surface area contributed by atoms with Crippen LogP contribution in [0.15, 0.2) is 36.4 Å². The number of aromatic hydroxyl groups is 1. The number of phenolic OH excluding ortho intramolecular Hbond substituents is 1. The van der Waals surface area contributed by atoms with Crippen LogP contribution in [0, 0.1) is 0 Å². The van der Waals surface area contributed by atoms with Gasteiger partial charge >= 0.3 is 18.2 Å². The van der Waals surface area contributed by atoms with Crippen molar-refractivity contribution in [3.8, 4) is 11.5 Å². The van der Waals surface area contributed by atoms with Crippen molar-refractivity contribution in [3.05, 3.63) is 47.0 Å². The van der Waals surface area contributed by atoms with Crippen LogP contribution in [0.2, 0.25) is 5.02 Å². The number of carboxylic acid groups (broad SMARTS) is 1. The summed E-state index contributed by atoms with van der Waals surface area (Å²) < 4.78 is 38.1. The van der Waals surface area contributed by atoms with E-state index in [1.165, 1.54) is 6.07 Å². The number of β-amino-alcohol motifs (C(OH)–C–C–N with tert-alkyl or cyclic N) is 1. The Bertz CT molecular complexity index is 1240. The molecule has 1 spiro atoms. The number of aliphatic hydroxyl groups is 1. The second-order valence-electron chi connectivity index (χ2n) is 9.78. The van der Waals surface area contributed by atoms with Crippen LogP contribution in [-0.2, 0) is 11.2 Å². The Kier molecular flexibility index (Phi) is 8.05. The van der Waals surface area contributed by atoms with Crippen molar-refractivity contribution in [2.45, 2.75) is 43.2 Å². The lowest BCUT2D eigenvalue weighted by Crippen LogP contribution is -2.53. The zero-order chi connectivity index (χ0) is 28.5. The molecule has 212 valence electrons. The zero-order valence-electron chi connectivity index (χ0n) is 20.6. The predicted octanol–water partition coefficient (Wildman–Crippen LogP) is 3.19. The minimum Gasteiger partial charge on any atom is -0.508 e. The lowest BCUT2D eigenvalue weighted by Gasteiger charge is -2.41. The summed E-state index contributed by atoms with van der Waals surface area (Å²) in [5.74, 6) is -1.74. The molecule has 5 rings (SSSR count). The summed E-state index contributed by atoms with van der Waals surface area (Å²) in [6.45, 7) is 2.64. The van der Waals surface area contributed by atoms with E-state index in [1.54, 1.807) is 12.1 Å². The van der Waals surface area contributed by atoms with Gasteiger partial charge in [0.15, 0.2) is 0 Å². The molecule has 2 saturated heterocycles. The number of carbonyl (C=O) groups is 2. The number of nitrogens with one attached hydrogen (secondary N) is 1. The van der Waals surface area contributed by atoms with Gasteiger partial charge in [-0.1, -0.05) is 11.6 Å². The van der Waals surface area contributed by atoms with Crippen LogP contribution in [0.5, 0.6) is 11.5 Å². The molecule has 14 heteroatoms. The van der Waals surface area contributed by atoms with Crippen molar-refractivity contribution >= 4 is 35.0 Å². The molecule has 0 bridgehead atoms. The highest BCUT2D eigenvalue weighted by atomic mass is 35.5. The Balaban J connectivity index is 0.000000448. The van der Waals surface area contributed by atoms with Gasteiger partial charge in [0, 0.05) is 56.5 Å². The van der Waals surface area contributed by atoms with Crippen molar-refractivity contribution in [3.63, 3.8) is 0 Å². The van der Waals surface area contributed by atoms with Crippen molar-refractivity contribution in [2.75, 3.05) is 36.4 Å². The van der Waals surface area contributed by atoms with Crippen LogP contribution < -0.4 is 20.7 Å². The molecular formula is C25H28ClF3N4O6. The highest BCUT2D eigenvalue weighted by molar-refractivity contribution is 6.30. The molecule has 2 atom stereocenters. The number of aliphatic carboxylic acids is 1. The molecule has 10 nitrogen and oxygen atoms in total. The van der Waals surface area contributed by atoms with Gasteiger partial charge in [-0.15, -0.1) is 0 Å². The van der Waals surface area contributed by atoms with Gasteiger partial charge in [0.2, 0.25) is 0 Å². The number of fused-ring (bicyclic) bond motifs is 1. The minimum absolute atomic E-state index is 0.0469. The van der Waals surface area contributed by atoms with E-state index < -0.39 is 24.3 Å². The Morgan fingerprint density at radius 3 is 2.41 bits per heavy atom. The number of carbonyl (C=O) groups excluding carboxylic acids is 1. The van der Waals surface area contributed by atoms with Crippen LogP contribution in [-0.4, -0.2) is 82.3 Å². The average molecular weight is 573 g/mol. The van der Waals surface area contributed by atoms with Crippen molar-refractivity contribution in [2.24, 2.45) is 5.73 Å². The lowest BCUT2D eigenvalue weighted by atomic mass is 9.86. The number of urea groups is 1. The highest BCUT2D eigenvalue weighted by Crippen LogP contribution is 2.43. The lowest BCUT2D eigenvalue weighted by molar-refractivity contribution is -0.192. The molecule has 0 saturated carbocycles. The van der Waals surface area contributed by atoms with Crippen LogP contribution in [0.4, 0.5) is 29.3 Å². The third-order valence-corrected chi connectivity index (χ3v) is 7.36. The molecule has 3 aliphatic rings. The van der Waals surface area contributed by atoms with Crippen LogP contribution in [0.1, 0.15) is 18.4 Å². The topological polar surface area (TPSA) is 149 Å². The molecule has 0 aromatic heterocycles. The van der Waals surface area contributed by atoms with Crippen molar-refractivity contribution in [1.29, 1.82) is 0 Å². The number of alkyl halides is 3. The van der Waals surface area contributed by atoms with Gasteiger partial charge < -0.3 is 36.0 Å². The number of hydrogen-bond donors (Lipinski definition) is 5. The minimum atomic E-state index is -5.08. The molecule has 0 aliphatic carbocycles. The summed E-state index contributed by atoms with van der Waals surface area (Å²) in [7, 11) is 0. The predicted molar refractivity (Wildman–Crippen MR) is 136 cm³/mol. The first-order valence-electron chi connectivity index (χ1n) is 12.1. The highest BCUT2D eigenvalue weighted by Gasteiger charge is 2.45. The normalized spacial score (nSPS) is 22.0. The summed E-state index contributed by atoms with van der Waals surface area (Å²) >= 11 is 6.15. The summed E-state index contributed by atoms with van der Waals surface area (Å²) in [6, 6.07) is 9.77. The first kappa shape index (κ1) is 28.6. The number of hydrogen-bond acceptors (Lipinski definition) is 7. The Labute approximate surface area is 226 Å². The number of nitrogens with zero attached hydrogens (tertiary/aromatic N) is 2. The van der Waals surface area contributed by atoms with E-state index in [9.17, 15) is 28.2 Å². The summed E-state index contributed by atoms with van der Waals surface area (Å²) in [5, 5.41) is 31.2. The van der Waals surface area contributed by atoms with E-state index in [0.717, 1.165) is 48.7 Å². The number of nitrogens with two attached hydrogens (primary N) is 1. The van der Waals surface area contributed by atoms with Crippen LogP contribution >= 0.6 is 11.6 Å². The number of carboxylic acids is 1. The SMILES string of the molecule is NC(=O)Nc1ccc(O)cc1N1CC(N2CCC3(CC2)Cc2cc(Cl)ccc2O3)[C@H](O)C1.O=C(O)C(F)(F)F. The Hall–Kier alpha value is -3.42. The maximum absolute atomic E-state index is 11.4. The fourth-order valence-corrected chi connectivity index (χ4v) is 5.48. The number of primary amides is 1. The fourth-order valence-electron chi connectivity index (χ4n) is 5.29. The zero-order valence-corrected chi connectivity index (χ0v) is 21.4. The average Bonchev–Trinajstić information content (AvgIpc) is 3.40. The van der Waals surface area contributed by atoms with Gasteiger partial charge in [0.1, 0.15) is 17.1 Å². The first-order chi connectivity index (χ1) is 18.3. The molecule has 2 aromatic rings. The molecule has 39 heavy (non-hydrogen) atoms. The molecule has 2 aromatic carbocycles. The Morgan fingerprint density at radius 1 is 1.13 bits per heavy atom. The number of anilines is 2. The van der Waals surface area contributed by atoms with Gasteiger partial charge in [0.25, 0.3) is 0 Å². The molecular weight excluding hydrogens is 545 g/mol. The molecule has 6 N–H and O–H groups in total. The van der Waals surface area contributed by atoms with Gasteiger partial charge in [-0.25, -0.2) is 9.59 Å². The van der Waals surface area contributed by atoms with Crippen LogP contribution in [0.3, 0.4) is 0 Å². The van der Waals surface area contributed by atoms with Gasteiger partial charge in [-0.3, -0.25) is 4.90 Å². The van der Waals surface area contributed by atoms with Crippen molar-refractivity contribution in [1.82, 2.24) is 4.90 Å². The van der Waals surface area contributed by atoms with Gasteiger partial charge in [-0.2, -0.15) is 13.2 Å². The summed E-state index contributed by atoms with van der Waals surface area (Å²) in [6.07, 6.45) is -3.01. The van der Waals surface area contributed by atoms with E-state index in [4.69, 9.17) is 32.0 Å². The number of phenols is 1. The molecule has 3 heterocycles. The van der Waals surface area contributed by atoms with E-state index in [0.29, 0.717) is 24.5 Å². The maximum Gasteiger partial charge on any atom is 0.490 e.